The van der Waals surface area contributed by atoms with Crippen LogP contribution >= 0.6 is 15.9 Å². The van der Waals surface area contributed by atoms with Gasteiger partial charge in [-0.15, -0.1) is 0 Å². The second-order valence-electron chi connectivity index (χ2n) is 5.05. The van der Waals surface area contributed by atoms with Gasteiger partial charge in [-0.1, -0.05) is 28.1 Å². The van der Waals surface area contributed by atoms with E-state index in [1.165, 1.54) is 11.1 Å². The van der Waals surface area contributed by atoms with Gasteiger partial charge in [0.1, 0.15) is 11.5 Å². The van der Waals surface area contributed by atoms with Gasteiger partial charge in [-0.2, -0.15) is 0 Å². The van der Waals surface area contributed by atoms with Gasteiger partial charge >= 0.3 is 0 Å². The van der Waals surface area contributed by atoms with Gasteiger partial charge in [0.25, 0.3) is 0 Å². The minimum atomic E-state index is 0.610. The van der Waals surface area contributed by atoms with Crippen LogP contribution < -0.4 is 10.5 Å². The van der Waals surface area contributed by atoms with Crippen LogP contribution in [0.25, 0.3) is 0 Å². The van der Waals surface area contributed by atoms with Crippen LogP contribution in [0.1, 0.15) is 22.3 Å². The monoisotopic (exact) mass is 333 g/mol. The third kappa shape index (κ3) is 3.22. The van der Waals surface area contributed by atoms with Crippen molar-refractivity contribution in [2.24, 2.45) is 5.73 Å². The summed E-state index contributed by atoms with van der Waals surface area (Å²) in [7, 11) is 0. The largest absolute Gasteiger partial charge is 0.457 e. The van der Waals surface area contributed by atoms with Crippen LogP contribution in [-0.2, 0) is 6.42 Å². The maximum atomic E-state index is 6.18. The molecule has 3 heteroatoms. The molecule has 2 N–H and O–H groups in total. The number of hydrogen-bond donors (Lipinski definition) is 1. The van der Waals surface area contributed by atoms with Gasteiger partial charge in [0.15, 0.2) is 0 Å². The quantitative estimate of drug-likeness (QED) is 0.882. The normalized spacial score (nSPS) is 10.7. The van der Waals surface area contributed by atoms with Crippen molar-refractivity contribution in [3.63, 3.8) is 0 Å². The minimum Gasteiger partial charge on any atom is -0.457 e. The number of benzene rings is 2. The first-order valence-corrected chi connectivity index (χ1v) is 7.55. The molecule has 0 saturated heterocycles. The summed E-state index contributed by atoms with van der Waals surface area (Å²) in [6.45, 7) is 6.88. The van der Waals surface area contributed by atoms with Crippen molar-refractivity contribution in [2.45, 2.75) is 27.2 Å². The fourth-order valence-corrected chi connectivity index (χ4v) is 2.60. The SMILES string of the molecule is Cc1ccc(C)c(Oc2ccc(Br)cc2CCN)c1C. The van der Waals surface area contributed by atoms with Crippen molar-refractivity contribution in [3.8, 4) is 11.5 Å². The molecule has 2 aromatic rings. The zero-order valence-corrected chi connectivity index (χ0v) is 13.8. The Morgan fingerprint density at radius 2 is 1.75 bits per heavy atom. The summed E-state index contributed by atoms with van der Waals surface area (Å²) in [6.07, 6.45) is 0.804. The highest BCUT2D eigenvalue weighted by molar-refractivity contribution is 9.10. The predicted octanol–water partition coefficient (Wildman–Crippen LogP) is 4.67. The van der Waals surface area contributed by atoms with E-state index in [0.717, 1.165) is 33.5 Å². The van der Waals surface area contributed by atoms with Crippen molar-refractivity contribution in [2.75, 3.05) is 6.54 Å². The third-order valence-corrected chi connectivity index (χ3v) is 4.02. The number of aryl methyl sites for hydroxylation is 2. The maximum Gasteiger partial charge on any atom is 0.133 e. The van der Waals surface area contributed by atoms with Crippen LogP contribution in [-0.4, -0.2) is 6.54 Å². The molecule has 0 unspecified atom stereocenters. The molecule has 0 atom stereocenters. The molecule has 0 heterocycles. The molecular weight excluding hydrogens is 314 g/mol. The highest BCUT2D eigenvalue weighted by atomic mass is 79.9. The lowest BCUT2D eigenvalue weighted by atomic mass is 10.0. The fraction of sp³-hybridized carbons (Fsp3) is 0.294. The fourth-order valence-electron chi connectivity index (χ4n) is 2.19. The summed E-state index contributed by atoms with van der Waals surface area (Å²) in [6, 6.07) is 10.3. The molecule has 0 aliphatic carbocycles. The number of nitrogens with two attached hydrogens (primary N) is 1. The molecule has 0 aromatic heterocycles. The van der Waals surface area contributed by atoms with Crippen LogP contribution in [0.4, 0.5) is 0 Å². The minimum absolute atomic E-state index is 0.610. The van der Waals surface area contributed by atoms with Crippen molar-refractivity contribution >= 4 is 15.9 Å². The second-order valence-corrected chi connectivity index (χ2v) is 5.96. The van der Waals surface area contributed by atoms with Gasteiger partial charge in [-0.05, 0) is 74.2 Å². The van der Waals surface area contributed by atoms with Gasteiger partial charge in [0.2, 0.25) is 0 Å². The Balaban J connectivity index is 2.42. The van der Waals surface area contributed by atoms with E-state index in [0.29, 0.717) is 6.54 Å². The third-order valence-electron chi connectivity index (χ3n) is 3.52. The lowest BCUT2D eigenvalue weighted by Gasteiger charge is -2.16. The van der Waals surface area contributed by atoms with Gasteiger partial charge in [-0.25, -0.2) is 0 Å². The van der Waals surface area contributed by atoms with Crippen LogP contribution in [0.2, 0.25) is 0 Å². The average molecular weight is 334 g/mol. The molecule has 0 spiro atoms. The highest BCUT2D eigenvalue weighted by Gasteiger charge is 2.11. The van der Waals surface area contributed by atoms with Crippen molar-refractivity contribution in [3.05, 3.63) is 57.1 Å². The number of hydrogen-bond acceptors (Lipinski definition) is 2. The molecule has 106 valence electrons. The molecular formula is C17H20BrNO. The molecule has 0 amide bonds. The van der Waals surface area contributed by atoms with Crippen molar-refractivity contribution in [1.82, 2.24) is 0 Å². The number of rotatable bonds is 4. The summed E-state index contributed by atoms with van der Waals surface area (Å²) in [5.41, 5.74) is 10.4. The first kappa shape index (κ1) is 15.1. The molecule has 0 aliphatic heterocycles. The average Bonchev–Trinajstić information content (AvgIpc) is 2.42. The molecule has 0 bridgehead atoms. The maximum absolute atomic E-state index is 6.18. The molecule has 0 saturated carbocycles. The van der Waals surface area contributed by atoms with Gasteiger partial charge in [-0.3, -0.25) is 0 Å². The van der Waals surface area contributed by atoms with E-state index >= 15 is 0 Å². The van der Waals surface area contributed by atoms with Gasteiger partial charge < -0.3 is 10.5 Å². The molecule has 0 aliphatic rings. The smallest absolute Gasteiger partial charge is 0.133 e. The van der Waals surface area contributed by atoms with Crippen molar-refractivity contribution in [1.29, 1.82) is 0 Å². The van der Waals surface area contributed by atoms with Crippen LogP contribution in [0, 0.1) is 20.8 Å². The number of halogens is 1. The topological polar surface area (TPSA) is 35.2 Å². The molecule has 0 radical (unpaired) electrons. The Morgan fingerprint density at radius 3 is 2.45 bits per heavy atom. The van der Waals surface area contributed by atoms with E-state index in [1.54, 1.807) is 0 Å². The van der Waals surface area contributed by atoms with Crippen molar-refractivity contribution < 1.29 is 4.74 Å². The highest BCUT2D eigenvalue weighted by Crippen LogP contribution is 2.33. The Hall–Kier alpha value is -1.32. The lowest BCUT2D eigenvalue weighted by Crippen LogP contribution is -2.04. The Kier molecular flexibility index (Phi) is 4.84. The van der Waals surface area contributed by atoms with E-state index < -0.39 is 0 Å². The van der Waals surface area contributed by atoms with Gasteiger partial charge in [0, 0.05) is 4.47 Å². The first-order chi connectivity index (χ1) is 9.52. The Morgan fingerprint density at radius 1 is 1.05 bits per heavy atom. The summed E-state index contributed by atoms with van der Waals surface area (Å²) in [4.78, 5) is 0. The van der Waals surface area contributed by atoms with E-state index in [2.05, 4.69) is 54.9 Å². The molecule has 2 aromatic carbocycles. The standard InChI is InChI=1S/C17H20BrNO/c1-11-4-5-12(2)17(13(11)3)20-16-7-6-15(18)10-14(16)8-9-19/h4-7,10H,8-9,19H2,1-3H3. The summed E-state index contributed by atoms with van der Waals surface area (Å²) in [5, 5.41) is 0. The predicted molar refractivity (Wildman–Crippen MR) is 87.6 cm³/mol. The van der Waals surface area contributed by atoms with E-state index in [9.17, 15) is 0 Å². The second kappa shape index (κ2) is 6.42. The van der Waals surface area contributed by atoms with Crippen LogP contribution in [0.15, 0.2) is 34.8 Å². The zero-order valence-electron chi connectivity index (χ0n) is 12.2. The van der Waals surface area contributed by atoms with Crippen LogP contribution in [0.3, 0.4) is 0 Å². The first-order valence-electron chi connectivity index (χ1n) is 6.76. The summed E-state index contributed by atoms with van der Waals surface area (Å²) in [5.74, 6) is 1.83. The zero-order chi connectivity index (χ0) is 14.7. The summed E-state index contributed by atoms with van der Waals surface area (Å²) < 4.78 is 7.23. The van der Waals surface area contributed by atoms with Gasteiger partial charge in [0.05, 0.1) is 0 Å². The molecule has 2 rings (SSSR count). The van der Waals surface area contributed by atoms with E-state index in [-0.39, 0.29) is 0 Å². The molecule has 2 nitrogen and oxygen atoms in total. The van der Waals surface area contributed by atoms with E-state index in [4.69, 9.17) is 10.5 Å². The Bertz CT molecular complexity index is 623. The summed E-state index contributed by atoms with van der Waals surface area (Å²) >= 11 is 3.50. The lowest BCUT2D eigenvalue weighted by molar-refractivity contribution is 0.468. The van der Waals surface area contributed by atoms with Crippen LogP contribution in [0.5, 0.6) is 11.5 Å². The Labute approximate surface area is 129 Å². The molecule has 20 heavy (non-hydrogen) atoms. The molecule has 0 fully saturated rings. The number of ether oxygens (including phenoxy) is 1. The van der Waals surface area contributed by atoms with E-state index in [1.807, 2.05) is 12.1 Å².